The predicted molar refractivity (Wildman–Crippen MR) is 73.2 cm³/mol. The highest BCUT2D eigenvalue weighted by Crippen LogP contribution is 2.17. The first-order valence-electron chi connectivity index (χ1n) is 5.57. The second-order valence-corrected chi connectivity index (χ2v) is 4.84. The van der Waals surface area contributed by atoms with Gasteiger partial charge in [0.05, 0.1) is 6.04 Å². The van der Waals surface area contributed by atoms with Crippen molar-refractivity contribution < 1.29 is 5.21 Å². The third kappa shape index (κ3) is 4.02. The summed E-state index contributed by atoms with van der Waals surface area (Å²) >= 11 is 3.40. The summed E-state index contributed by atoms with van der Waals surface area (Å²) in [7, 11) is 0. The first-order chi connectivity index (χ1) is 8.08. The molecule has 2 atom stereocenters. The number of nitrogens with one attached hydrogen (secondary N) is 1. The van der Waals surface area contributed by atoms with Gasteiger partial charge in [-0.2, -0.15) is 0 Å². The average Bonchev–Trinajstić information content (AvgIpc) is 2.35. The van der Waals surface area contributed by atoms with E-state index in [0.717, 1.165) is 16.5 Å². The van der Waals surface area contributed by atoms with Crippen molar-refractivity contribution >= 4 is 21.8 Å². The van der Waals surface area contributed by atoms with E-state index in [9.17, 15) is 0 Å². The number of nitrogens with zero attached hydrogens (tertiary/aromatic N) is 1. The van der Waals surface area contributed by atoms with Crippen LogP contribution in [0.2, 0.25) is 0 Å². The molecule has 0 amide bonds. The van der Waals surface area contributed by atoms with Crippen molar-refractivity contribution in [1.82, 2.24) is 5.32 Å². The maximum absolute atomic E-state index is 8.67. The van der Waals surface area contributed by atoms with Crippen molar-refractivity contribution in [2.24, 2.45) is 10.9 Å². The van der Waals surface area contributed by atoms with Crippen LogP contribution in [-0.2, 0) is 0 Å². The van der Waals surface area contributed by atoms with E-state index in [1.54, 1.807) is 0 Å². The molecule has 0 aliphatic rings. The van der Waals surface area contributed by atoms with Gasteiger partial charge in [-0.15, -0.1) is 0 Å². The molecule has 1 unspecified atom stereocenters. The maximum atomic E-state index is 8.67. The van der Waals surface area contributed by atoms with E-state index >= 15 is 0 Å². The number of hydrogen-bond donors (Lipinski definition) is 3. The molecular formula is C12H18BrN3O. The average molecular weight is 300 g/mol. The van der Waals surface area contributed by atoms with Crippen LogP contribution in [0.1, 0.15) is 31.9 Å². The quantitative estimate of drug-likeness (QED) is 0.339. The molecule has 0 heterocycles. The van der Waals surface area contributed by atoms with Crippen LogP contribution in [0.25, 0.3) is 0 Å². The van der Waals surface area contributed by atoms with E-state index < -0.39 is 0 Å². The highest BCUT2D eigenvalue weighted by Gasteiger charge is 2.15. The number of halogens is 1. The van der Waals surface area contributed by atoms with Crippen LogP contribution in [0.5, 0.6) is 0 Å². The monoisotopic (exact) mass is 299 g/mol. The van der Waals surface area contributed by atoms with Crippen LogP contribution < -0.4 is 11.1 Å². The van der Waals surface area contributed by atoms with Crippen molar-refractivity contribution in [2.75, 3.05) is 0 Å². The van der Waals surface area contributed by atoms with Crippen LogP contribution in [0.3, 0.4) is 0 Å². The Morgan fingerprint density at radius 1 is 1.47 bits per heavy atom. The zero-order valence-electron chi connectivity index (χ0n) is 10.0. The summed E-state index contributed by atoms with van der Waals surface area (Å²) in [6.07, 6.45) is 0.775. The first kappa shape index (κ1) is 14.0. The highest BCUT2D eigenvalue weighted by atomic mass is 79.9. The Bertz CT molecular complexity index is 378. The molecule has 94 valence electrons. The second-order valence-electron chi connectivity index (χ2n) is 3.93. The Hall–Kier alpha value is -1.07. The van der Waals surface area contributed by atoms with E-state index in [0.29, 0.717) is 0 Å². The fourth-order valence-electron chi connectivity index (χ4n) is 1.63. The van der Waals surface area contributed by atoms with Crippen molar-refractivity contribution in [3.8, 4) is 0 Å². The highest BCUT2D eigenvalue weighted by molar-refractivity contribution is 9.10. The van der Waals surface area contributed by atoms with Gasteiger partial charge in [-0.3, -0.25) is 0 Å². The van der Waals surface area contributed by atoms with Crippen molar-refractivity contribution in [2.45, 2.75) is 32.4 Å². The second kappa shape index (κ2) is 6.61. The summed E-state index contributed by atoms with van der Waals surface area (Å²) in [6.45, 7) is 4.04. The number of oxime groups is 1. The number of amidine groups is 1. The molecule has 0 fully saturated rings. The zero-order valence-corrected chi connectivity index (χ0v) is 11.6. The fraction of sp³-hybridized carbons (Fsp3) is 0.417. The van der Waals surface area contributed by atoms with Gasteiger partial charge in [0.1, 0.15) is 0 Å². The minimum absolute atomic E-state index is 0.112. The van der Waals surface area contributed by atoms with Crippen LogP contribution in [-0.4, -0.2) is 17.1 Å². The number of rotatable bonds is 5. The summed E-state index contributed by atoms with van der Waals surface area (Å²) in [5.41, 5.74) is 6.77. The largest absolute Gasteiger partial charge is 0.409 e. The Labute approximate surface area is 110 Å². The molecule has 1 aromatic carbocycles. The van der Waals surface area contributed by atoms with Gasteiger partial charge in [-0.25, -0.2) is 0 Å². The molecule has 5 heteroatoms. The zero-order chi connectivity index (χ0) is 12.8. The van der Waals surface area contributed by atoms with Crippen molar-refractivity contribution in [3.05, 3.63) is 34.3 Å². The van der Waals surface area contributed by atoms with Crippen LogP contribution in [0.15, 0.2) is 33.9 Å². The van der Waals surface area contributed by atoms with Gasteiger partial charge in [0, 0.05) is 10.5 Å². The van der Waals surface area contributed by atoms with Crippen LogP contribution in [0, 0.1) is 0 Å². The lowest BCUT2D eigenvalue weighted by Gasteiger charge is -2.21. The third-order valence-corrected chi connectivity index (χ3v) is 3.23. The molecule has 0 spiro atoms. The van der Waals surface area contributed by atoms with Gasteiger partial charge in [0.2, 0.25) is 0 Å². The van der Waals surface area contributed by atoms with Gasteiger partial charge in [0.15, 0.2) is 5.84 Å². The minimum atomic E-state index is -0.112. The summed E-state index contributed by atoms with van der Waals surface area (Å²) in [6, 6.07) is 8.12. The minimum Gasteiger partial charge on any atom is -0.409 e. The molecule has 0 saturated heterocycles. The lowest BCUT2D eigenvalue weighted by atomic mass is 10.1. The fourth-order valence-corrected chi connectivity index (χ4v) is 1.90. The summed E-state index contributed by atoms with van der Waals surface area (Å²) in [5.74, 6) is 0.219. The van der Waals surface area contributed by atoms with E-state index in [1.807, 2.05) is 31.2 Å². The molecule has 1 rings (SSSR count). The van der Waals surface area contributed by atoms with Crippen molar-refractivity contribution in [3.63, 3.8) is 0 Å². The van der Waals surface area contributed by atoms with Gasteiger partial charge in [-0.05, 0) is 31.0 Å². The molecule has 0 radical (unpaired) electrons. The third-order valence-electron chi connectivity index (χ3n) is 2.70. The smallest absolute Gasteiger partial charge is 0.156 e. The van der Waals surface area contributed by atoms with E-state index in [2.05, 4.69) is 33.3 Å². The molecule has 4 nitrogen and oxygen atoms in total. The molecule has 0 saturated carbocycles. The van der Waals surface area contributed by atoms with Gasteiger partial charge < -0.3 is 16.3 Å². The van der Waals surface area contributed by atoms with E-state index in [4.69, 9.17) is 10.9 Å². The van der Waals surface area contributed by atoms with Gasteiger partial charge in [0.25, 0.3) is 0 Å². The predicted octanol–water partition coefficient (Wildman–Crippen LogP) is 2.62. The standard InChI is InChI=1S/C12H18BrN3O/c1-3-11(12(14)16-17)15-8(2)9-4-6-10(13)7-5-9/h4-8,11,15,17H,3H2,1-2H3,(H2,14,16)/t8-,11?/m1/s1. The lowest BCUT2D eigenvalue weighted by molar-refractivity contribution is 0.313. The Balaban J connectivity index is 2.70. The van der Waals surface area contributed by atoms with Gasteiger partial charge >= 0.3 is 0 Å². The molecule has 0 aliphatic carbocycles. The Kier molecular flexibility index (Phi) is 5.44. The lowest BCUT2D eigenvalue weighted by Crippen LogP contribution is -2.42. The van der Waals surface area contributed by atoms with E-state index in [-0.39, 0.29) is 17.9 Å². The molecular weight excluding hydrogens is 282 g/mol. The molecule has 0 aromatic heterocycles. The van der Waals surface area contributed by atoms with Crippen LogP contribution in [0.4, 0.5) is 0 Å². The SMILES string of the molecule is CCC(N[C@H](C)c1ccc(Br)cc1)/C(N)=N/O. The topological polar surface area (TPSA) is 70.6 Å². The molecule has 0 bridgehead atoms. The maximum Gasteiger partial charge on any atom is 0.156 e. The van der Waals surface area contributed by atoms with Gasteiger partial charge in [-0.1, -0.05) is 40.1 Å². The summed E-state index contributed by atoms with van der Waals surface area (Å²) < 4.78 is 1.05. The summed E-state index contributed by atoms with van der Waals surface area (Å²) in [4.78, 5) is 0. The Morgan fingerprint density at radius 3 is 2.53 bits per heavy atom. The first-order valence-corrected chi connectivity index (χ1v) is 6.36. The normalized spacial score (nSPS) is 15.6. The molecule has 0 aliphatic heterocycles. The Morgan fingerprint density at radius 2 is 2.06 bits per heavy atom. The number of nitrogens with two attached hydrogens (primary N) is 1. The van der Waals surface area contributed by atoms with Crippen molar-refractivity contribution in [1.29, 1.82) is 0 Å². The molecule has 17 heavy (non-hydrogen) atoms. The number of hydrogen-bond acceptors (Lipinski definition) is 3. The number of benzene rings is 1. The van der Waals surface area contributed by atoms with Crippen LogP contribution >= 0.6 is 15.9 Å². The molecule has 4 N–H and O–H groups in total. The molecule has 1 aromatic rings. The van der Waals surface area contributed by atoms with E-state index in [1.165, 1.54) is 0 Å². The summed E-state index contributed by atoms with van der Waals surface area (Å²) in [5, 5.41) is 15.0.